The van der Waals surface area contributed by atoms with Gasteiger partial charge < -0.3 is 9.15 Å². The Kier molecular flexibility index (Phi) is 4.27. The van der Waals surface area contributed by atoms with Crippen molar-refractivity contribution in [3.63, 3.8) is 0 Å². The van der Waals surface area contributed by atoms with Crippen molar-refractivity contribution in [1.82, 2.24) is 4.98 Å². The maximum absolute atomic E-state index is 11.9. The van der Waals surface area contributed by atoms with E-state index in [2.05, 4.69) is 11.9 Å². The Balaban J connectivity index is 2.29. The van der Waals surface area contributed by atoms with Crippen LogP contribution in [0.25, 0.3) is 0 Å². The molecule has 1 fully saturated rings. The number of nitrogens with zero attached hydrogens (tertiary/aromatic N) is 1. The summed E-state index contributed by atoms with van der Waals surface area (Å²) >= 11 is 0. The lowest BCUT2D eigenvalue weighted by Gasteiger charge is -2.30. The van der Waals surface area contributed by atoms with E-state index in [4.69, 9.17) is 9.15 Å². The van der Waals surface area contributed by atoms with Crippen LogP contribution in [0.3, 0.4) is 0 Å². The summed E-state index contributed by atoms with van der Waals surface area (Å²) in [6.45, 7) is 6.32. The van der Waals surface area contributed by atoms with Crippen molar-refractivity contribution < 1.29 is 13.9 Å². The topological polar surface area (TPSA) is 52.3 Å². The molecule has 4 heteroatoms. The van der Waals surface area contributed by atoms with Gasteiger partial charge in [0.15, 0.2) is 0 Å². The molecule has 1 aliphatic carbocycles. The fraction of sp³-hybridized carbons (Fsp3) is 0.733. The fourth-order valence-electron chi connectivity index (χ4n) is 2.75. The van der Waals surface area contributed by atoms with Gasteiger partial charge in [0.2, 0.25) is 11.7 Å². The number of carbonyl (C=O) groups is 1. The summed E-state index contributed by atoms with van der Waals surface area (Å²) in [4.78, 5) is 16.4. The van der Waals surface area contributed by atoms with E-state index in [0.29, 0.717) is 24.7 Å². The van der Waals surface area contributed by atoms with E-state index >= 15 is 0 Å². The summed E-state index contributed by atoms with van der Waals surface area (Å²) in [5, 5.41) is 0. The van der Waals surface area contributed by atoms with Gasteiger partial charge in [-0.3, -0.25) is 0 Å². The van der Waals surface area contributed by atoms with Gasteiger partial charge in [-0.15, -0.1) is 0 Å². The van der Waals surface area contributed by atoms with Gasteiger partial charge in [-0.1, -0.05) is 33.1 Å². The average Bonchev–Trinajstić information content (AvgIpc) is 2.85. The average molecular weight is 265 g/mol. The number of rotatable bonds is 4. The van der Waals surface area contributed by atoms with Crippen LogP contribution in [0.4, 0.5) is 0 Å². The SMILES string of the molecule is CCOC(=O)c1oc(C2(C)CCCCC2)nc1CC. The smallest absolute Gasteiger partial charge is 0.376 e. The van der Waals surface area contributed by atoms with E-state index in [1.165, 1.54) is 19.3 Å². The van der Waals surface area contributed by atoms with Crippen molar-refractivity contribution in [2.75, 3.05) is 6.61 Å². The number of oxazole rings is 1. The van der Waals surface area contributed by atoms with Crippen LogP contribution in [0, 0.1) is 0 Å². The first-order chi connectivity index (χ1) is 9.10. The second-order valence-corrected chi connectivity index (χ2v) is 5.49. The van der Waals surface area contributed by atoms with Gasteiger partial charge in [0.25, 0.3) is 0 Å². The number of aryl methyl sites for hydroxylation is 1. The highest BCUT2D eigenvalue weighted by Gasteiger charge is 2.35. The molecule has 19 heavy (non-hydrogen) atoms. The second kappa shape index (κ2) is 5.76. The zero-order valence-corrected chi connectivity index (χ0v) is 12.1. The fourth-order valence-corrected chi connectivity index (χ4v) is 2.75. The Morgan fingerprint density at radius 3 is 2.58 bits per heavy atom. The van der Waals surface area contributed by atoms with Crippen LogP contribution in [-0.2, 0) is 16.6 Å². The lowest BCUT2D eigenvalue weighted by atomic mass is 9.76. The van der Waals surface area contributed by atoms with E-state index < -0.39 is 5.97 Å². The molecule has 1 aromatic rings. The van der Waals surface area contributed by atoms with E-state index in [1.807, 2.05) is 6.92 Å². The molecule has 0 aliphatic heterocycles. The minimum Gasteiger partial charge on any atom is -0.460 e. The van der Waals surface area contributed by atoms with Crippen molar-refractivity contribution in [3.8, 4) is 0 Å². The number of esters is 1. The summed E-state index contributed by atoms with van der Waals surface area (Å²) in [7, 11) is 0. The maximum atomic E-state index is 11.9. The van der Waals surface area contributed by atoms with Crippen LogP contribution in [0.1, 0.15) is 75.0 Å². The van der Waals surface area contributed by atoms with Gasteiger partial charge in [0.1, 0.15) is 0 Å². The minimum absolute atomic E-state index is 0.0209. The third-order valence-corrected chi connectivity index (χ3v) is 3.97. The molecule has 0 spiro atoms. The Labute approximate surface area is 114 Å². The van der Waals surface area contributed by atoms with Crippen molar-refractivity contribution >= 4 is 5.97 Å². The molecule has 2 rings (SSSR count). The summed E-state index contributed by atoms with van der Waals surface area (Å²) < 4.78 is 10.8. The Morgan fingerprint density at radius 2 is 2.00 bits per heavy atom. The van der Waals surface area contributed by atoms with Crippen LogP contribution >= 0.6 is 0 Å². The van der Waals surface area contributed by atoms with E-state index in [-0.39, 0.29) is 5.41 Å². The zero-order chi connectivity index (χ0) is 13.9. The van der Waals surface area contributed by atoms with E-state index in [0.717, 1.165) is 18.5 Å². The molecular formula is C15H23NO3. The molecule has 0 aromatic carbocycles. The minimum atomic E-state index is -0.391. The molecule has 1 saturated carbocycles. The van der Waals surface area contributed by atoms with Gasteiger partial charge >= 0.3 is 5.97 Å². The number of ether oxygens (including phenoxy) is 1. The summed E-state index contributed by atoms with van der Waals surface area (Å²) in [5.74, 6) is 0.621. The maximum Gasteiger partial charge on any atom is 0.376 e. The third kappa shape index (κ3) is 2.82. The molecule has 4 nitrogen and oxygen atoms in total. The second-order valence-electron chi connectivity index (χ2n) is 5.49. The van der Waals surface area contributed by atoms with Gasteiger partial charge in [-0.25, -0.2) is 9.78 Å². The Morgan fingerprint density at radius 1 is 1.32 bits per heavy atom. The molecule has 106 valence electrons. The van der Waals surface area contributed by atoms with Crippen molar-refractivity contribution in [2.24, 2.45) is 0 Å². The standard InChI is InChI=1S/C15H23NO3/c1-4-11-12(13(17)18-5-2)19-14(16-11)15(3)9-7-6-8-10-15/h4-10H2,1-3H3. The predicted octanol–water partition coefficient (Wildman–Crippen LogP) is 3.64. The highest BCUT2D eigenvalue weighted by atomic mass is 16.5. The first kappa shape index (κ1) is 14.1. The molecule has 1 aliphatic rings. The van der Waals surface area contributed by atoms with Crippen molar-refractivity contribution in [2.45, 2.75) is 64.7 Å². The molecule has 1 heterocycles. The number of hydrogen-bond acceptors (Lipinski definition) is 4. The molecule has 0 N–H and O–H groups in total. The first-order valence-corrected chi connectivity index (χ1v) is 7.28. The summed E-state index contributed by atoms with van der Waals surface area (Å²) in [5.41, 5.74) is 0.702. The highest BCUT2D eigenvalue weighted by molar-refractivity contribution is 5.87. The molecule has 0 radical (unpaired) electrons. The number of hydrogen-bond donors (Lipinski definition) is 0. The van der Waals surface area contributed by atoms with Crippen LogP contribution in [0.5, 0.6) is 0 Å². The molecule has 1 aromatic heterocycles. The van der Waals surface area contributed by atoms with E-state index in [9.17, 15) is 4.79 Å². The zero-order valence-electron chi connectivity index (χ0n) is 12.1. The summed E-state index contributed by atoms with van der Waals surface area (Å²) in [6.07, 6.45) is 6.54. The lowest BCUT2D eigenvalue weighted by Crippen LogP contribution is -2.25. The number of carbonyl (C=O) groups excluding carboxylic acids is 1. The lowest BCUT2D eigenvalue weighted by molar-refractivity contribution is 0.0483. The molecule has 0 bridgehead atoms. The molecule has 0 atom stereocenters. The Bertz CT molecular complexity index is 444. The van der Waals surface area contributed by atoms with Gasteiger partial charge in [-0.2, -0.15) is 0 Å². The van der Waals surface area contributed by atoms with Crippen LogP contribution in [-0.4, -0.2) is 17.6 Å². The van der Waals surface area contributed by atoms with Crippen molar-refractivity contribution in [1.29, 1.82) is 0 Å². The van der Waals surface area contributed by atoms with Gasteiger partial charge in [0, 0.05) is 5.41 Å². The summed E-state index contributed by atoms with van der Waals surface area (Å²) in [6, 6.07) is 0. The largest absolute Gasteiger partial charge is 0.460 e. The normalized spacial score (nSPS) is 18.3. The predicted molar refractivity (Wildman–Crippen MR) is 72.3 cm³/mol. The monoisotopic (exact) mass is 265 g/mol. The third-order valence-electron chi connectivity index (χ3n) is 3.97. The van der Waals surface area contributed by atoms with Crippen LogP contribution in [0.15, 0.2) is 4.42 Å². The molecule has 0 unspecified atom stereocenters. The van der Waals surface area contributed by atoms with Gasteiger partial charge in [0.05, 0.1) is 12.3 Å². The molecule has 0 saturated heterocycles. The van der Waals surface area contributed by atoms with E-state index in [1.54, 1.807) is 6.92 Å². The Hall–Kier alpha value is -1.32. The highest BCUT2D eigenvalue weighted by Crippen LogP contribution is 2.39. The van der Waals surface area contributed by atoms with Crippen molar-refractivity contribution in [3.05, 3.63) is 17.3 Å². The molecular weight excluding hydrogens is 242 g/mol. The quantitative estimate of drug-likeness (QED) is 0.780. The first-order valence-electron chi connectivity index (χ1n) is 7.28. The van der Waals surface area contributed by atoms with Gasteiger partial charge in [-0.05, 0) is 26.2 Å². The molecule has 0 amide bonds. The van der Waals surface area contributed by atoms with Crippen LogP contribution < -0.4 is 0 Å². The van der Waals surface area contributed by atoms with Crippen LogP contribution in [0.2, 0.25) is 0 Å². The number of aromatic nitrogens is 1.